The number of carboxylic acids is 1. The molecule has 2 rings (SSSR count). The first kappa shape index (κ1) is 13.4. The molecule has 1 aromatic rings. The van der Waals surface area contributed by atoms with Crippen LogP contribution < -0.4 is 0 Å². The van der Waals surface area contributed by atoms with Crippen LogP contribution in [0.15, 0.2) is 29.2 Å². The molecule has 0 aromatic heterocycles. The van der Waals surface area contributed by atoms with E-state index in [1.54, 1.807) is 6.08 Å². The molecule has 0 aliphatic carbocycles. The molecule has 0 radical (unpaired) electrons. The zero-order chi connectivity index (χ0) is 14.0. The summed E-state index contributed by atoms with van der Waals surface area (Å²) in [5, 5.41) is 8.09. The summed E-state index contributed by atoms with van der Waals surface area (Å²) in [6.07, 6.45) is 1.59. The van der Waals surface area contributed by atoms with Crippen molar-refractivity contribution in [1.82, 2.24) is 4.90 Å². The third kappa shape index (κ3) is 3.03. The van der Waals surface area contributed by atoms with Gasteiger partial charge in [-0.1, -0.05) is 29.8 Å². The highest BCUT2D eigenvalue weighted by atomic mass is 32.2. The average molecular weight is 277 g/mol. The molecule has 1 fully saturated rings. The second-order valence-corrected chi connectivity index (χ2v) is 5.07. The minimum absolute atomic E-state index is 0.245. The molecule has 0 atom stereocenters. The van der Waals surface area contributed by atoms with Gasteiger partial charge in [0.05, 0.1) is 4.91 Å². The molecule has 2 amide bonds. The predicted molar refractivity (Wildman–Crippen MR) is 71.5 cm³/mol. The fourth-order valence-corrected chi connectivity index (χ4v) is 2.42. The van der Waals surface area contributed by atoms with E-state index < -0.39 is 23.7 Å². The summed E-state index contributed by atoms with van der Waals surface area (Å²) in [7, 11) is 0. The number of hydrogen-bond donors (Lipinski definition) is 1. The van der Waals surface area contributed by atoms with Gasteiger partial charge in [-0.25, -0.2) is 0 Å². The molecule has 1 N–H and O–H groups in total. The van der Waals surface area contributed by atoms with Crippen LogP contribution in [0.5, 0.6) is 0 Å². The van der Waals surface area contributed by atoms with Crippen LogP contribution in [0.1, 0.15) is 11.1 Å². The molecule has 1 aromatic carbocycles. The molecule has 5 nitrogen and oxygen atoms in total. The van der Waals surface area contributed by atoms with E-state index in [0.29, 0.717) is 0 Å². The van der Waals surface area contributed by atoms with Gasteiger partial charge in [0, 0.05) is 0 Å². The Bertz CT molecular complexity index is 577. The molecular weight excluding hydrogens is 266 g/mol. The van der Waals surface area contributed by atoms with Gasteiger partial charge in [-0.05, 0) is 30.3 Å². The third-order valence-electron chi connectivity index (χ3n) is 2.54. The monoisotopic (exact) mass is 277 g/mol. The number of carbonyl (C=O) groups excluding carboxylic acids is 2. The van der Waals surface area contributed by atoms with Crippen LogP contribution in [0.25, 0.3) is 6.08 Å². The van der Waals surface area contributed by atoms with Gasteiger partial charge >= 0.3 is 5.97 Å². The lowest BCUT2D eigenvalue weighted by Crippen LogP contribution is -2.33. The average Bonchev–Trinajstić information content (AvgIpc) is 2.60. The zero-order valence-electron chi connectivity index (χ0n) is 10.1. The number of thioether (sulfide) groups is 1. The van der Waals surface area contributed by atoms with Crippen molar-refractivity contribution >= 4 is 35.0 Å². The van der Waals surface area contributed by atoms with Crippen LogP contribution >= 0.6 is 11.8 Å². The van der Waals surface area contributed by atoms with E-state index in [0.717, 1.165) is 27.8 Å². The van der Waals surface area contributed by atoms with Gasteiger partial charge in [0.2, 0.25) is 0 Å². The third-order valence-corrected chi connectivity index (χ3v) is 3.45. The van der Waals surface area contributed by atoms with Crippen molar-refractivity contribution in [3.05, 3.63) is 40.3 Å². The smallest absolute Gasteiger partial charge is 0.323 e. The lowest BCUT2D eigenvalue weighted by molar-refractivity contribution is -0.140. The van der Waals surface area contributed by atoms with Crippen molar-refractivity contribution in [1.29, 1.82) is 0 Å². The van der Waals surface area contributed by atoms with Crippen molar-refractivity contribution in [2.24, 2.45) is 0 Å². The molecule has 6 heteroatoms. The van der Waals surface area contributed by atoms with E-state index in [2.05, 4.69) is 0 Å². The Kier molecular flexibility index (Phi) is 3.71. The van der Waals surface area contributed by atoms with Crippen LogP contribution in [-0.2, 0) is 9.59 Å². The maximum atomic E-state index is 11.9. The fourth-order valence-electron chi connectivity index (χ4n) is 1.59. The van der Waals surface area contributed by atoms with E-state index in [4.69, 9.17) is 5.11 Å². The number of imide groups is 1. The van der Waals surface area contributed by atoms with Gasteiger partial charge in [-0.2, -0.15) is 0 Å². The molecule has 19 heavy (non-hydrogen) atoms. The van der Waals surface area contributed by atoms with E-state index in [1.807, 2.05) is 31.2 Å². The lowest BCUT2D eigenvalue weighted by Gasteiger charge is -2.07. The van der Waals surface area contributed by atoms with E-state index in [9.17, 15) is 14.4 Å². The molecule has 0 unspecified atom stereocenters. The summed E-state index contributed by atoms with van der Waals surface area (Å²) < 4.78 is 0. The Labute approximate surface area is 113 Å². The maximum absolute atomic E-state index is 11.9. The summed E-state index contributed by atoms with van der Waals surface area (Å²) in [6, 6.07) is 7.46. The van der Waals surface area contributed by atoms with Gasteiger partial charge in [-0.15, -0.1) is 0 Å². The van der Waals surface area contributed by atoms with Crippen molar-refractivity contribution < 1.29 is 19.5 Å². The molecule has 1 aliphatic rings. The van der Waals surface area contributed by atoms with Gasteiger partial charge < -0.3 is 5.11 Å². The predicted octanol–water partition coefficient (Wildman–Crippen LogP) is 2.12. The lowest BCUT2D eigenvalue weighted by atomic mass is 10.1. The van der Waals surface area contributed by atoms with Crippen LogP contribution in [0.4, 0.5) is 4.79 Å². The number of nitrogens with zero attached hydrogens (tertiary/aromatic N) is 1. The molecular formula is C13H11NO4S. The summed E-state index contributed by atoms with van der Waals surface area (Å²) in [5.74, 6) is -1.77. The second kappa shape index (κ2) is 5.27. The van der Waals surface area contributed by atoms with E-state index in [-0.39, 0.29) is 4.91 Å². The fraction of sp³-hybridized carbons (Fsp3) is 0.154. The Morgan fingerprint density at radius 1 is 1.32 bits per heavy atom. The zero-order valence-corrected chi connectivity index (χ0v) is 10.9. The maximum Gasteiger partial charge on any atom is 0.323 e. The Balaban J connectivity index is 2.23. The minimum atomic E-state index is -1.21. The number of aliphatic carboxylic acids is 1. The van der Waals surface area contributed by atoms with E-state index >= 15 is 0 Å². The standard InChI is InChI=1S/C13H11NO4S/c1-8-2-4-9(5-3-8)6-10-12(17)14(7-11(15)16)13(18)19-10/h2-6H,7H2,1H3,(H,15,16)/b10-6-. The normalized spacial score (nSPS) is 17.3. The van der Waals surface area contributed by atoms with Crippen LogP contribution in [0.2, 0.25) is 0 Å². The molecule has 0 bridgehead atoms. The molecule has 1 saturated heterocycles. The second-order valence-electron chi connectivity index (χ2n) is 4.07. The first-order chi connectivity index (χ1) is 8.97. The molecule has 1 aliphatic heterocycles. The van der Waals surface area contributed by atoms with E-state index in [1.165, 1.54) is 0 Å². The van der Waals surface area contributed by atoms with Gasteiger partial charge in [0.15, 0.2) is 0 Å². The molecule has 1 heterocycles. The minimum Gasteiger partial charge on any atom is -0.480 e. The number of aryl methyl sites for hydroxylation is 1. The Hall–Kier alpha value is -2.08. The van der Waals surface area contributed by atoms with Gasteiger partial charge in [0.1, 0.15) is 6.54 Å². The van der Waals surface area contributed by atoms with Gasteiger partial charge in [0.25, 0.3) is 11.1 Å². The van der Waals surface area contributed by atoms with Crippen molar-refractivity contribution in [3.63, 3.8) is 0 Å². The first-order valence-electron chi connectivity index (χ1n) is 5.51. The Morgan fingerprint density at radius 2 is 1.95 bits per heavy atom. The quantitative estimate of drug-likeness (QED) is 0.856. The van der Waals surface area contributed by atoms with Crippen LogP contribution in [0, 0.1) is 6.92 Å². The summed E-state index contributed by atoms with van der Waals surface area (Å²) in [5.41, 5.74) is 1.89. The summed E-state index contributed by atoms with van der Waals surface area (Å²) in [4.78, 5) is 35.0. The van der Waals surface area contributed by atoms with Gasteiger partial charge in [-0.3, -0.25) is 19.3 Å². The highest BCUT2D eigenvalue weighted by Gasteiger charge is 2.36. The highest BCUT2D eigenvalue weighted by molar-refractivity contribution is 8.18. The van der Waals surface area contributed by atoms with Crippen molar-refractivity contribution in [2.45, 2.75) is 6.92 Å². The molecule has 0 spiro atoms. The summed E-state index contributed by atoms with van der Waals surface area (Å²) in [6.45, 7) is 1.35. The number of hydrogen-bond acceptors (Lipinski definition) is 4. The largest absolute Gasteiger partial charge is 0.480 e. The number of benzene rings is 1. The molecule has 0 saturated carbocycles. The van der Waals surface area contributed by atoms with Crippen molar-refractivity contribution in [2.75, 3.05) is 6.54 Å². The highest BCUT2D eigenvalue weighted by Crippen LogP contribution is 2.31. The molecule has 98 valence electrons. The number of carboxylic acid groups (broad SMARTS) is 1. The van der Waals surface area contributed by atoms with Crippen LogP contribution in [-0.4, -0.2) is 33.7 Å². The SMILES string of the molecule is Cc1ccc(/C=C2\SC(=O)N(CC(=O)O)C2=O)cc1. The summed E-state index contributed by atoms with van der Waals surface area (Å²) >= 11 is 0.758. The van der Waals surface area contributed by atoms with Crippen molar-refractivity contribution in [3.8, 4) is 0 Å². The van der Waals surface area contributed by atoms with Crippen LogP contribution in [0.3, 0.4) is 0 Å². The number of rotatable bonds is 3. The topological polar surface area (TPSA) is 74.7 Å². The number of carbonyl (C=O) groups is 3. The Morgan fingerprint density at radius 3 is 2.53 bits per heavy atom. The first-order valence-corrected chi connectivity index (χ1v) is 6.33. The number of amides is 2.